The molecule has 0 saturated heterocycles. The molecule has 2 aromatic rings. The second kappa shape index (κ2) is 6.19. The van der Waals surface area contributed by atoms with Crippen LogP contribution in [0, 0.1) is 6.92 Å². The Bertz CT molecular complexity index is 701. The quantitative estimate of drug-likeness (QED) is 0.682. The number of rotatable bonds is 5. The van der Waals surface area contributed by atoms with Crippen LogP contribution in [0.1, 0.15) is 22.2 Å². The van der Waals surface area contributed by atoms with Gasteiger partial charge < -0.3 is 0 Å². The van der Waals surface area contributed by atoms with Crippen LogP contribution in [0.25, 0.3) is 0 Å². The molecule has 0 aliphatic carbocycles. The third kappa shape index (κ3) is 3.68. The predicted octanol–water partition coefficient (Wildman–Crippen LogP) is 2.93. The van der Waals surface area contributed by atoms with Crippen molar-refractivity contribution in [1.82, 2.24) is 4.83 Å². The van der Waals surface area contributed by atoms with E-state index in [1.807, 2.05) is 26.0 Å². The number of hydrogen-bond donors (Lipinski definition) is 1. The summed E-state index contributed by atoms with van der Waals surface area (Å²) in [5.74, 6) is 0. The molecule has 4 nitrogen and oxygen atoms in total. The third-order valence-corrected chi connectivity index (χ3v) is 4.94. The van der Waals surface area contributed by atoms with Gasteiger partial charge in [-0.2, -0.15) is 13.5 Å². The van der Waals surface area contributed by atoms with Crippen LogP contribution in [0.3, 0.4) is 0 Å². The second-order valence-corrected chi connectivity index (χ2v) is 7.28. The van der Waals surface area contributed by atoms with Crippen molar-refractivity contribution in [2.45, 2.75) is 25.2 Å². The van der Waals surface area contributed by atoms with Gasteiger partial charge in [-0.25, -0.2) is 4.83 Å². The summed E-state index contributed by atoms with van der Waals surface area (Å²) in [7, 11) is -3.59. The Morgan fingerprint density at radius 3 is 2.45 bits per heavy atom. The molecule has 0 radical (unpaired) electrons. The van der Waals surface area contributed by atoms with Gasteiger partial charge >= 0.3 is 0 Å². The van der Waals surface area contributed by atoms with E-state index in [2.05, 4.69) is 9.93 Å². The Morgan fingerprint density at radius 2 is 1.90 bits per heavy atom. The fourth-order valence-electron chi connectivity index (χ4n) is 1.64. The highest BCUT2D eigenvalue weighted by molar-refractivity contribution is 7.89. The molecule has 1 aromatic heterocycles. The van der Waals surface area contributed by atoms with Crippen molar-refractivity contribution in [3.05, 3.63) is 51.7 Å². The number of sulfonamides is 1. The molecule has 0 atom stereocenters. The zero-order chi connectivity index (χ0) is 14.6. The van der Waals surface area contributed by atoms with Gasteiger partial charge in [-0.3, -0.25) is 0 Å². The van der Waals surface area contributed by atoms with Crippen molar-refractivity contribution < 1.29 is 8.42 Å². The molecule has 106 valence electrons. The largest absolute Gasteiger partial charge is 0.276 e. The molecule has 1 heterocycles. The molecule has 1 N–H and O–H groups in total. The molecule has 0 fully saturated rings. The molecule has 0 aliphatic rings. The molecule has 2 rings (SSSR count). The predicted molar refractivity (Wildman–Crippen MR) is 82.8 cm³/mol. The van der Waals surface area contributed by atoms with E-state index >= 15 is 0 Å². The van der Waals surface area contributed by atoms with Gasteiger partial charge in [-0.15, -0.1) is 11.3 Å². The van der Waals surface area contributed by atoms with Gasteiger partial charge in [0.05, 0.1) is 11.1 Å². The minimum atomic E-state index is -3.59. The van der Waals surface area contributed by atoms with Crippen LogP contribution in [0.15, 0.2) is 46.4 Å². The van der Waals surface area contributed by atoms with Gasteiger partial charge in [0.1, 0.15) is 0 Å². The Morgan fingerprint density at radius 1 is 1.20 bits per heavy atom. The minimum Gasteiger partial charge on any atom is -0.200 e. The monoisotopic (exact) mass is 308 g/mol. The summed E-state index contributed by atoms with van der Waals surface area (Å²) in [6.45, 7) is 4.01. The summed E-state index contributed by atoms with van der Waals surface area (Å²) in [6, 6.07) is 10.7. The van der Waals surface area contributed by atoms with Gasteiger partial charge in [0.15, 0.2) is 0 Å². The summed E-state index contributed by atoms with van der Waals surface area (Å²) in [5.41, 5.74) is 1.10. The molecule has 0 amide bonds. The lowest BCUT2D eigenvalue weighted by Crippen LogP contribution is -2.18. The number of nitrogens with one attached hydrogen (secondary N) is 1. The van der Waals surface area contributed by atoms with Crippen LogP contribution in [-0.4, -0.2) is 14.6 Å². The number of benzene rings is 1. The maximum absolute atomic E-state index is 12.0. The Balaban J connectivity index is 2.08. The van der Waals surface area contributed by atoms with Crippen molar-refractivity contribution in [3.8, 4) is 0 Å². The van der Waals surface area contributed by atoms with Crippen molar-refractivity contribution in [3.63, 3.8) is 0 Å². The summed E-state index contributed by atoms with van der Waals surface area (Å²) in [6.07, 6.45) is 2.39. The highest BCUT2D eigenvalue weighted by Gasteiger charge is 2.11. The van der Waals surface area contributed by atoms with Crippen LogP contribution >= 0.6 is 11.3 Å². The maximum atomic E-state index is 12.0. The second-order valence-electron chi connectivity index (χ2n) is 4.30. The van der Waals surface area contributed by atoms with Gasteiger partial charge in [-0.05, 0) is 43.2 Å². The first kappa shape index (κ1) is 14.7. The van der Waals surface area contributed by atoms with Crippen LogP contribution in [0.4, 0.5) is 0 Å². The van der Waals surface area contributed by atoms with E-state index in [-0.39, 0.29) is 4.90 Å². The van der Waals surface area contributed by atoms with Gasteiger partial charge in [0, 0.05) is 9.75 Å². The molecular formula is C14H16N2O2S2. The Kier molecular flexibility index (Phi) is 4.57. The minimum absolute atomic E-state index is 0.217. The highest BCUT2D eigenvalue weighted by Crippen LogP contribution is 2.13. The van der Waals surface area contributed by atoms with Crippen LogP contribution in [0.5, 0.6) is 0 Å². The topological polar surface area (TPSA) is 58.5 Å². The standard InChI is InChI=1S/C14H16N2O2S2/c1-3-12-5-8-14(9-6-12)20(17,18)16-15-10-13-7-4-11(2)19-13/h4-10,16H,3H2,1-2H3/b15-10+. The van der Waals surface area contributed by atoms with E-state index < -0.39 is 10.0 Å². The van der Waals surface area contributed by atoms with Crippen molar-refractivity contribution in [2.75, 3.05) is 0 Å². The smallest absolute Gasteiger partial charge is 0.200 e. The lowest BCUT2D eigenvalue weighted by atomic mass is 10.2. The van der Waals surface area contributed by atoms with Crippen molar-refractivity contribution >= 4 is 27.6 Å². The first-order valence-electron chi connectivity index (χ1n) is 6.21. The number of hydrazone groups is 1. The molecular weight excluding hydrogens is 292 g/mol. The van der Waals surface area contributed by atoms with Gasteiger partial charge in [-0.1, -0.05) is 19.1 Å². The summed E-state index contributed by atoms with van der Waals surface area (Å²) < 4.78 is 24.0. The SMILES string of the molecule is CCc1ccc(S(=O)(=O)N/N=C/c2ccc(C)s2)cc1. The average molecular weight is 308 g/mol. The van der Waals surface area contributed by atoms with Crippen LogP contribution in [-0.2, 0) is 16.4 Å². The van der Waals surface area contributed by atoms with E-state index in [1.165, 1.54) is 6.21 Å². The molecule has 20 heavy (non-hydrogen) atoms. The summed E-state index contributed by atoms with van der Waals surface area (Å²) >= 11 is 1.55. The van der Waals surface area contributed by atoms with E-state index in [1.54, 1.807) is 35.6 Å². The molecule has 0 aliphatic heterocycles. The van der Waals surface area contributed by atoms with Crippen LogP contribution < -0.4 is 4.83 Å². The first-order valence-corrected chi connectivity index (χ1v) is 8.51. The fourth-order valence-corrected chi connectivity index (χ4v) is 3.18. The average Bonchev–Trinajstić information content (AvgIpc) is 2.84. The normalized spacial score (nSPS) is 11.9. The number of thiophene rings is 1. The Hall–Kier alpha value is -1.66. The molecule has 0 unspecified atom stereocenters. The van der Waals surface area contributed by atoms with E-state index in [9.17, 15) is 8.42 Å². The lowest BCUT2D eigenvalue weighted by molar-refractivity contribution is 0.584. The molecule has 0 saturated carbocycles. The third-order valence-electron chi connectivity index (χ3n) is 2.77. The van der Waals surface area contributed by atoms with Crippen molar-refractivity contribution in [2.24, 2.45) is 5.10 Å². The lowest BCUT2D eigenvalue weighted by Gasteiger charge is -2.03. The number of hydrogen-bond acceptors (Lipinski definition) is 4. The highest BCUT2D eigenvalue weighted by atomic mass is 32.2. The van der Waals surface area contributed by atoms with E-state index in [0.29, 0.717) is 0 Å². The Labute approximate surface area is 123 Å². The molecule has 0 bridgehead atoms. The molecule has 1 aromatic carbocycles. The van der Waals surface area contributed by atoms with Gasteiger partial charge in [0.25, 0.3) is 10.0 Å². The molecule has 0 spiro atoms. The molecule has 6 heteroatoms. The van der Waals surface area contributed by atoms with Crippen molar-refractivity contribution in [1.29, 1.82) is 0 Å². The van der Waals surface area contributed by atoms with E-state index in [4.69, 9.17) is 0 Å². The summed E-state index contributed by atoms with van der Waals surface area (Å²) in [4.78, 5) is 4.50. The number of nitrogens with zero attached hydrogens (tertiary/aromatic N) is 1. The maximum Gasteiger partial charge on any atom is 0.276 e. The zero-order valence-electron chi connectivity index (χ0n) is 11.3. The fraction of sp³-hybridized carbons (Fsp3) is 0.214. The van der Waals surface area contributed by atoms with E-state index in [0.717, 1.165) is 21.7 Å². The van der Waals surface area contributed by atoms with Crippen LogP contribution in [0.2, 0.25) is 0 Å². The number of aryl methyl sites for hydroxylation is 2. The summed E-state index contributed by atoms with van der Waals surface area (Å²) in [5, 5.41) is 3.79. The first-order chi connectivity index (χ1) is 9.51. The zero-order valence-corrected chi connectivity index (χ0v) is 13.0. The van der Waals surface area contributed by atoms with Gasteiger partial charge in [0.2, 0.25) is 0 Å².